The highest BCUT2D eigenvalue weighted by molar-refractivity contribution is 6.32. The predicted octanol–water partition coefficient (Wildman–Crippen LogP) is 4.04. The van der Waals surface area contributed by atoms with Crippen LogP contribution < -0.4 is 11.2 Å². The topological polar surface area (TPSA) is 85.6 Å². The molecule has 1 aliphatic rings. The molecule has 0 radical (unpaired) electrons. The van der Waals surface area contributed by atoms with Crippen molar-refractivity contribution in [2.75, 3.05) is 0 Å². The fraction of sp³-hybridized carbons (Fsp3) is 0.250. The van der Waals surface area contributed by atoms with E-state index in [1.807, 2.05) is 12.1 Å². The van der Waals surface area contributed by atoms with E-state index >= 15 is 0 Å². The zero-order valence-corrected chi connectivity index (χ0v) is 18.0. The van der Waals surface area contributed by atoms with Crippen LogP contribution in [0.4, 0.5) is 0 Å². The minimum atomic E-state index is -0.417. The molecule has 2 aromatic carbocycles. The SMILES string of the molecule is N#Cc1cccc(Cn2cnc3c2c(=O)n(C2CCCC2)c(=O)n3-c2ccccc2Cl)c1. The van der Waals surface area contributed by atoms with Crippen molar-refractivity contribution in [1.29, 1.82) is 5.26 Å². The molecule has 1 aliphatic carbocycles. The van der Waals surface area contributed by atoms with E-state index in [0.29, 0.717) is 28.3 Å². The molecule has 1 fully saturated rings. The van der Waals surface area contributed by atoms with Gasteiger partial charge in [-0.05, 0) is 42.7 Å². The molecule has 2 heterocycles. The van der Waals surface area contributed by atoms with Crippen LogP contribution in [0.25, 0.3) is 16.9 Å². The van der Waals surface area contributed by atoms with Crippen molar-refractivity contribution in [3.8, 4) is 11.8 Å². The van der Waals surface area contributed by atoms with Crippen molar-refractivity contribution in [2.24, 2.45) is 0 Å². The third kappa shape index (κ3) is 3.33. The van der Waals surface area contributed by atoms with Crippen molar-refractivity contribution in [3.05, 3.63) is 91.8 Å². The van der Waals surface area contributed by atoms with Gasteiger partial charge in [-0.15, -0.1) is 0 Å². The second kappa shape index (κ2) is 8.13. The first kappa shape index (κ1) is 20.3. The molecular weight excluding hydrogens is 426 g/mol. The number of imidazole rings is 1. The lowest BCUT2D eigenvalue weighted by Gasteiger charge is -2.17. The van der Waals surface area contributed by atoms with Gasteiger partial charge in [-0.3, -0.25) is 9.36 Å². The van der Waals surface area contributed by atoms with Gasteiger partial charge in [-0.25, -0.2) is 14.3 Å². The third-order valence-electron chi connectivity index (χ3n) is 6.04. The molecule has 4 aromatic rings. The van der Waals surface area contributed by atoms with Gasteiger partial charge in [0.15, 0.2) is 11.2 Å². The number of fused-ring (bicyclic) bond motifs is 1. The molecule has 0 spiro atoms. The van der Waals surface area contributed by atoms with Gasteiger partial charge in [0, 0.05) is 12.6 Å². The summed E-state index contributed by atoms with van der Waals surface area (Å²) in [5, 5.41) is 9.61. The Balaban J connectivity index is 1.78. The average Bonchev–Trinajstić information content (AvgIpc) is 3.46. The standard InChI is InChI=1S/C24H20ClN5O2/c25-19-10-3-4-11-20(19)30-22-21(23(31)29(24(30)32)18-8-1-2-9-18)28(15-27-22)14-17-7-5-6-16(12-17)13-26/h3-7,10-12,15,18H,1-2,8-9,14H2. The second-order valence-corrected chi connectivity index (χ2v) is 8.45. The number of benzene rings is 2. The Labute approximate surface area is 188 Å². The summed E-state index contributed by atoms with van der Waals surface area (Å²) in [5.41, 5.74) is 1.77. The Morgan fingerprint density at radius 3 is 2.62 bits per heavy atom. The van der Waals surface area contributed by atoms with Crippen molar-refractivity contribution >= 4 is 22.8 Å². The first-order valence-electron chi connectivity index (χ1n) is 10.5. The molecule has 0 N–H and O–H groups in total. The van der Waals surface area contributed by atoms with E-state index in [0.717, 1.165) is 31.2 Å². The number of hydrogen-bond donors (Lipinski definition) is 0. The van der Waals surface area contributed by atoms with E-state index < -0.39 is 5.69 Å². The van der Waals surface area contributed by atoms with Crippen LogP contribution in [0.15, 0.2) is 64.4 Å². The van der Waals surface area contributed by atoms with Gasteiger partial charge in [0.05, 0.1) is 28.7 Å². The first-order chi connectivity index (χ1) is 15.6. The maximum absolute atomic E-state index is 13.6. The van der Waals surface area contributed by atoms with Crippen LogP contribution in [-0.2, 0) is 6.54 Å². The quantitative estimate of drug-likeness (QED) is 0.474. The summed E-state index contributed by atoms with van der Waals surface area (Å²) in [7, 11) is 0. The summed E-state index contributed by atoms with van der Waals surface area (Å²) in [6.07, 6.45) is 5.13. The Morgan fingerprint density at radius 1 is 1.09 bits per heavy atom. The average molecular weight is 446 g/mol. The Bertz CT molecular complexity index is 1490. The van der Waals surface area contributed by atoms with Crippen LogP contribution in [0.3, 0.4) is 0 Å². The third-order valence-corrected chi connectivity index (χ3v) is 6.36. The van der Waals surface area contributed by atoms with E-state index in [1.54, 1.807) is 47.3 Å². The molecule has 0 atom stereocenters. The van der Waals surface area contributed by atoms with Gasteiger partial charge >= 0.3 is 5.69 Å². The highest BCUT2D eigenvalue weighted by Gasteiger charge is 2.26. The summed E-state index contributed by atoms with van der Waals surface area (Å²) < 4.78 is 4.56. The molecular formula is C24H20ClN5O2. The number of halogens is 1. The second-order valence-electron chi connectivity index (χ2n) is 8.04. The number of hydrogen-bond acceptors (Lipinski definition) is 4. The molecule has 0 unspecified atom stereocenters. The maximum atomic E-state index is 13.6. The molecule has 5 rings (SSSR count). The zero-order chi connectivity index (χ0) is 22.2. The lowest BCUT2D eigenvalue weighted by atomic mass is 10.1. The van der Waals surface area contributed by atoms with E-state index in [1.165, 1.54) is 9.13 Å². The zero-order valence-electron chi connectivity index (χ0n) is 17.2. The number of para-hydroxylation sites is 1. The molecule has 0 bridgehead atoms. The molecule has 7 nitrogen and oxygen atoms in total. The minimum Gasteiger partial charge on any atom is -0.320 e. The summed E-state index contributed by atoms with van der Waals surface area (Å²) in [4.78, 5) is 31.6. The summed E-state index contributed by atoms with van der Waals surface area (Å²) >= 11 is 6.44. The number of nitriles is 1. The molecule has 32 heavy (non-hydrogen) atoms. The molecule has 0 aliphatic heterocycles. The molecule has 1 saturated carbocycles. The first-order valence-corrected chi connectivity index (χ1v) is 10.9. The molecule has 0 amide bonds. The van der Waals surface area contributed by atoms with E-state index in [2.05, 4.69) is 11.1 Å². The highest BCUT2D eigenvalue weighted by atomic mass is 35.5. The summed E-state index contributed by atoms with van der Waals surface area (Å²) in [5.74, 6) is 0. The Hall–Kier alpha value is -3.63. The van der Waals surface area contributed by atoms with Gasteiger partial charge in [-0.2, -0.15) is 5.26 Å². The van der Waals surface area contributed by atoms with Crippen LogP contribution in [-0.4, -0.2) is 18.7 Å². The van der Waals surface area contributed by atoms with Gasteiger partial charge in [0.2, 0.25) is 0 Å². The van der Waals surface area contributed by atoms with Crippen LogP contribution in [0.2, 0.25) is 5.02 Å². The smallest absolute Gasteiger partial charge is 0.320 e. The van der Waals surface area contributed by atoms with Crippen LogP contribution >= 0.6 is 11.6 Å². The molecule has 8 heteroatoms. The van der Waals surface area contributed by atoms with Crippen LogP contribution in [0.5, 0.6) is 0 Å². The predicted molar refractivity (Wildman–Crippen MR) is 122 cm³/mol. The van der Waals surface area contributed by atoms with Gasteiger partial charge < -0.3 is 4.57 Å². The summed E-state index contributed by atoms with van der Waals surface area (Å²) in [6, 6.07) is 16.3. The molecule has 2 aromatic heterocycles. The highest BCUT2D eigenvalue weighted by Crippen LogP contribution is 2.28. The fourth-order valence-electron chi connectivity index (χ4n) is 4.54. The fourth-order valence-corrected chi connectivity index (χ4v) is 4.76. The molecule has 0 saturated heterocycles. The minimum absolute atomic E-state index is 0.140. The van der Waals surface area contributed by atoms with E-state index in [9.17, 15) is 14.9 Å². The lowest BCUT2D eigenvalue weighted by molar-refractivity contribution is 0.474. The van der Waals surface area contributed by atoms with Crippen LogP contribution in [0.1, 0.15) is 42.9 Å². The lowest BCUT2D eigenvalue weighted by Crippen LogP contribution is -2.42. The van der Waals surface area contributed by atoms with Crippen molar-refractivity contribution in [2.45, 2.75) is 38.3 Å². The molecule has 160 valence electrons. The number of nitrogens with zero attached hydrogens (tertiary/aromatic N) is 5. The maximum Gasteiger partial charge on any atom is 0.337 e. The Morgan fingerprint density at radius 2 is 1.88 bits per heavy atom. The monoisotopic (exact) mass is 445 g/mol. The largest absolute Gasteiger partial charge is 0.337 e. The van der Waals surface area contributed by atoms with Crippen LogP contribution in [0, 0.1) is 11.3 Å². The van der Waals surface area contributed by atoms with Crippen molar-refractivity contribution < 1.29 is 0 Å². The van der Waals surface area contributed by atoms with Gasteiger partial charge in [0.25, 0.3) is 5.56 Å². The van der Waals surface area contributed by atoms with Crippen molar-refractivity contribution in [1.82, 2.24) is 18.7 Å². The van der Waals surface area contributed by atoms with Gasteiger partial charge in [0.1, 0.15) is 0 Å². The van der Waals surface area contributed by atoms with Gasteiger partial charge in [-0.1, -0.05) is 48.7 Å². The summed E-state index contributed by atoms with van der Waals surface area (Å²) in [6.45, 7) is 0.354. The van der Waals surface area contributed by atoms with Crippen molar-refractivity contribution in [3.63, 3.8) is 0 Å². The number of rotatable bonds is 4. The van der Waals surface area contributed by atoms with E-state index in [-0.39, 0.29) is 17.2 Å². The Kier molecular flexibility index (Phi) is 5.16. The normalized spacial score (nSPS) is 14.1. The van der Waals surface area contributed by atoms with E-state index in [4.69, 9.17) is 11.6 Å². The number of aromatic nitrogens is 4.